The molecule has 19 heteroatoms. The van der Waals surface area contributed by atoms with Gasteiger partial charge >= 0.3 is 6.09 Å². The second kappa shape index (κ2) is 15.1. The van der Waals surface area contributed by atoms with Crippen LogP contribution in [0.5, 0.6) is 11.6 Å². The molecule has 9 atom stereocenters. The van der Waals surface area contributed by atoms with E-state index in [0.717, 1.165) is 4.90 Å². The van der Waals surface area contributed by atoms with Crippen LogP contribution in [-0.4, -0.2) is 102 Å². The zero-order valence-electron chi connectivity index (χ0n) is 32.4. The molecule has 2 aliphatic heterocycles. The van der Waals surface area contributed by atoms with Crippen LogP contribution in [0, 0.1) is 23.2 Å². The number of hydrogen-bond acceptors (Lipinski definition) is 11. The molecule has 1 aromatic carbocycles. The van der Waals surface area contributed by atoms with Crippen molar-refractivity contribution in [2.75, 3.05) is 13.7 Å². The number of amides is 4. The highest BCUT2D eigenvalue weighted by Gasteiger charge is 2.67. The van der Waals surface area contributed by atoms with Crippen LogP contribution in [-0.2, 0) is 29.1 Å². The Balaban J connectivity index is 1.26. The molecule has 2 aromatic rings. The first-order valence-corrected chi connectivity index (χ1v) is 21.0. The molecule has 4 amide bonds. The molecule has 1 aromatic heterocycles. The smallest absolute Gasteiger partial charge is 0.408 e. The van der Waals surface area contributed by atoms with Crippen molar-refractivity contribution in [3.63, 3.8) is 0 Å². The Morgan fingerprint density at radius 1 is 1.05 bits per heavy atom. The summed E-state index contributed by atoms with van der Waals surface area (Å²) >= 11 is 0. The number of aromatic nitrogens is 2. The Kier molecular flexibility index (Phi) is 10.8. The van der Waals surface area contributed by atoms with E-state index in [4.69, 9.17) is 14.2 Å². The first-order valence-electron chi connectivity index (χ1n) is 19.4. The summed E-state index contributed by atoms with van der Waals surface area (Å²) in [6.07, 6.45) is -4.39. The minimum Gasteiger partial charge on any atom is -0.497 e. The van der Waals surface area contributed by atoms with Crippen LogP contribution in [0.1, 0.15) is 90.9 Å². The number of carbonyl (C=O) groups is 4. The first-order chi connectivity index (χ1) is 26.8. The van der Waals surface area contributed by atoms with Crippen molar-refractivity contribution < 1.29 is 55.0 Å². The molecule has 4 fully saturated rings. The van der Waals surface area contributed by atoms with Crippen LogP contribution >= 0.6 is 0 Å². The molecular weight excluding hydrogens is 774 g/mol. The summed E-state index contributed by atoms with van der Waals surface area (Å²) in [5.41, 5.74) is -2.60. The minimum atomic E-state index is -4.17. The van der Waals surface area contributed by atoms with Crippen molar-refractivity contribution in [3.05, 3.63) is 23.9 Å². The van der Waals surface area contributed by atoms with Crippen LogP contribution in [0.2, 0.25) is 0 Å². The van der Waals surface area contributed by atoms with Gasteiger partial charge in [0.25, 0.3) is 5.91 Å². The molecule has 1 unspecified atom stereocenters. The molecule has 2 bridgehead atoms. The maximum absolute atomic E-state index is 16.2. The van der Waals surface area contributed by atoms with Crippen LogP contribution < -0.4 is 24.8 Å². The third-order valence-electron chi connectivity index (χ3n) is 11.8. The average Bonchev–Trinajstić information content (AvgIpc) is 4.04. The molecule has 5 aliphatic rings. The zero-order valence-corrected chi connectivity index (χ0v) is 33.2. The van der Waals surface area contributed by atoms with Crippen molar-refractivity contribution in [1.29, 1.82) is 0 Å². The maximum atomic E-state index is 16.2. The van der Waals surface area contributed by atoms with Crippen LogP contribution in [0.3, 0.4) is 0 Å². The Bertz CT molecular complexity index is 2050. The van der Waals surface area contributed by atoms with Gasteiger partial charge in [-0.3, -0.25) is 19.1 Å². The number of nitrogens with zero attached hydrogens (tertiary/aromatic N) is 3. The van der Waals surface area contributed by atoms with Crippen LogP contribution in [0.25, 0.3) is 11.0 Å². The third-order valence-corrected chi connectivity index (χ3v) is 13.6. The number of sulfonamides is 1. The van der Waals surface area contributed by atoms with E-state index >= 15 is 4.39 Å². The predicted octanol–water partition coefficient (Wildman–Crippen LogP) is 4.10. The SMILES string of the molecule is COc1ccc2nc3c(nc2c1)O[C@H]1CN(C(=O)[C@H](C(C)(C)C)NC(=O)O[C@@H]2C[C@H]2CCCCC3F)[C@H](C(=O)N[C@]2(C(=O)NS(=O)(=O)C3CC3)C[C@H]2C(F)F)[C@@H]1C. The highest BCUT2D eigenvalue weighted by atomic mass is 32.2. The molecule has 0 radical (unpaired) electrons. The van der Waals surface area contributed by atoms with Crippen molar-refractivity contribution in [2.45, 2.75) is 127 Å². The van der Waals surface area contributed by atoms with Crippen molar-refractivity contribution in [1.82, 2.24) is 30.2 Å². The molecule has 57 heavy (non-hydrogen) atoms. The van der Waals surface area contributed by atoms with E-state index < -0.39 is 99.1 Å². The average molecular weight is 823 g/mol. The molecule has 3 heterocycles. The summed E-state index contributed by atoms with van der Waals surface area (Å²) in [5.74, 6) is -5.36. The highest BCUT2D eigenvalue weighted by Crippen LogP contribution is 2.49. The Labute approximate surface area is 328 Å². The summed E-state index contributed by atoms with van der Waals surface area (Å²) in [4.78, 5) is 66.2. The highest BCUT2D eigenvalue weighted by molar-refractivity contribution is 7.91. The van der Waals surface area contributed by atoms with Gasteiger partial charge in [-0.05, 0) is 62.0 Å². The largest absolute Gasteiger partial charge is 0.497 e. The van der Waals surface area contributed by atoms with Gasteiger partial charge in [-0.1, -0.05) is 40.5 Å². The van der Waals surface area contributed by atoms with Crippen LogP contribution in [0.4, 0.5) is 18.0 Å². The number of carbonyl (C=O) groups excluding carboxylic acids is 4. The number of ether oxygens (including phenoxy) is 3. The number of halogens is 3. The molecule has 3 N–H and O–H groups in total. The molecule has 7 rings (SSSR count). The van der Waals surface area contributed by atoms with Gasteiger partial charge in [0.05, 0.1) is 35.9 Å². The number of hydrogen-bond donors (Lipinski definition) is 3. The van der Waals surface area contributed by atoms with E-state index in [1.54, 1.807) is 45.9 Å². The topological polar surface area (TPSA) is 195 Å². The first kappa shape index (κ1) is 40.8. The molecular formula is C38H49F3N6O9S. The lowest BCUT2D eigenvalue weighted by Gasteiger charge is -2.36. The molecule has 1 saturated heterocycles. The number of nitrogens with one attached hydrogen (secondary N) is 3. The summed E-state index contributed by atoms with van der Waals surface area (Å²) in [7, 11) is -2.70. The fourth-order valence-electron chi connectivity index (χ4n) is 7.97. The monoisotopic (exact) mass is 822 g/mol. The standard InChI is InChI=1S/C38H49F3N6O9S/c1-18-27-17-47(29(18)32(48)45-38(16-22(38)31(40)41)35(50)46-57(52,53)21-11-12-21)34(49)30(37(2,3)4)44-36(51)56-26-14-19(26)8-6-7-9-23(39)28-33(55-27)43-25-15-20(54-5)10-13-24(25)42-28/h10,13,15,18-19,21-23,26-27,29-31H,6-9,11-12,14,16-17H2,1-5H3,(H,44,51)(H,45,48)(H,46,50)/t18-,19-,22+,23?,26-,27+,29+,30-,38-/m1/s1. The van der Waals surface area contributed by atoms with Gasteiger partial charge in [-0.15, -0.1) is 0 Å². The number of fused-ring (bicyclic) bond motifs is 5. The number of alkyl halides is 3. The zero-order chi connectivity index (χ0) is 41.2. The van der Waals surface area contributed by atoms with E-state index in [-0.39, 0.29) is 36.6 Å². The molecule has 3 saturated carbocycles. The van der Waals surface area contributed by atoms with Gasteiger partial charge < -0.3 is 29.7 Å². The predicted molar refractivity (Wildman–Crippen MR) is 197 cm³/mol. The van der Waals surface area contributed by atoms with E-state index in [1.807, 2.05) is 4.72 Å². The Morgan fingerprint density at radius 3 is 2.42 bits per heavy atom. The van der Waals surface area contributed by atoms with Crippen molar-refractivity contribution in [2.24, 2.45) is 23.2 Å². The maximum Gasteiger partial charge on any atom is 0.408 e. The molecule has 312 valence electrons. The van der Waals surface area contributed by atoms with Gasteiger partial charge in [-0.25, -0.2) is 36.4 Å². The Hall–Kier alpha value is -4.42. The van der Waals surface area contributed by atoms with Gasteiger partial charge in [-0.2, -0.15) is 0 Å². The number of methoxy groups -OCH3 is 1. The summed E-state index contributed by atoms with van der Waals surface area (Å²) in [6.45, 7) is 6.36. The minimum absolute atomic E-state index is 0.0716. The fourth-order valence-corrected chi connectivity index (χ4v) is 9.34. The van der Waals surface area contributed by atoms with E-state index in [1.165, 1.54) is 7.11 Å². The second-order valence-corrected chi connectivity index (χ2v) is 19.1. The Morgan fingerprint density at radius 2 is 1.77 bits per heavy atom. The van der Waals surface area contributed by atoms with E-state index in [2.05, 4.69) is 20.6 Å². The summed E-state index contributed by atoms with van der Waals surface area (Å²) in [5, 5.41) is 4.25. The number of rotatable bonds is 7. The van der Waals surface area contributed by atoms with Gasteiger partial charge in [0.1, 0.15) is 47.4 Å². The normalized spacial score (nSPS) is 32.1. The molecule has 0 spiro atoms. The van der Waals surface area contributed by atoms with Crippen molar-refractivity contribution in [3.8, 4) is 11.6 Å². The second-order valence-electron chi connectivity index (χ2n) is 17.1. The lowest BCUT2D eigenvalue weighted by atomic mass is 9.85. The number of benzene rings is 1. The van der Waals surface area contributed by atoms with E-state index in [0.29, 0.717) is 55.3 Å². The number of alkyl carbamates (subject to hydrolysis) is 1. The third kappa shape index (κ3) is 8.30. The van der Waals surface area contributed by atoms with Gasteiger partial charge in [0.2, 0.25) is 34.1 Å². The lowest BCUT2D eigenvalue weighted by Crippen LogP contribution is -2.61. The van der Waals surface area contributed by atoms with Crippen molar-refractivity contribution >= 4 is 44.9 Å². The van der Waals surface area contributed by atoms with Crippen LogP contribution in [0.15, 0.2) is 18.2 Å². The van der Waals surface area contributed by atoms with E-state index in [9.17, 15) is 36.4 Å². The summed E-state index contributed by atoms with van der Waals surface area (Å²) < 4.78 is 89.4. The molecule has 3 aliphatic carbocycles. The van der Waals surface area contributed by atoms with Gasteiger partial charge in [0.15, 0.2) is 0 Å². The lowest BCUT2D eigenvalue weighted by molar-refractivity contribution is -0.143. The quantitative estimate of drug-likeness (QED) is 0.364. The fraction of sp³-hybridized carbons (Fsp3) is 0.684. The summed E-state index contributed by atoms with van der Waals surface area (Å²) in [6, 6.07) is 2.14. The van der Waals surface area contributed by atoms with Gasteiger partial charge in [0, 0.05) is 12.0 Å². The molecule has 15 nitrogen and oxygen atoms in total.